The van der Waals surface area contributed by atoms with E-state index in [0.29, 0.717) is 15.2 Å². The molecule has 0 spiro atoms. The zero-order chi connectivity index (χ0) is 7.82. The summed E-state index contributed by atoms with van der Waals surface area (Å²) in [4.78, 5) is 2.39. The Kier molecular flexibility index (Phi) is 7.97. The van der Waals surface area contributed by atoms with Crippen LogP contribution in [0.3, 0.4) is 0 Å². The first-order valence-electron chi connectivity index (χ1n) is 4.49. The summed E-state index contributed by atoms with van der Waals surface area (Å²) in [6, 6.07) is 0. The van der Waals surface area contributed by atoms with Crippen molar-refractivity contribution in [1.29, 1.82) is 0 Å². The number of nitrogens with zero attached hydrogens (tertiary/aromatic N) is 1. The molecular weight excluding hydrogens is 137 g/mol. The lowest BCUT2D eigenvalue weighted by Gasteiger charge is -2.20. The minimum Gasteiger partial charge on any atom is -0.306 e. The number of rotatable bonds is 0. The van der Waals surface area contributed by atoms with E-state index in [1.807, 2.05) is 0 Å². The van der Waals surface area contributed by atoms with Crippen LogP contribution in [0.15, 0.2) is 0 Å². The summed E-state index contributed by atoms with van der Waals surface area (Å²) in [5.74, 6) is 4.53. The van der Waals surface area contributed by atoms with Gasteiger partial charge in [0, 0.05) is 0 Å². The second-order valence-electron chi connectivity index (χ2n) is 3.07. The smallest absolute Gasteiger partial charge is 0.229 e. The molecule has 0 unspecified atom stereocenters. The standard InChI is InChI=1S/C6H13N.2CH3.Al.H/c1-7-5-3-2-4-6-7;;;;/h2-6H2,1H3;2*1H3;;. The van der Waals surface area contributed by atoms with Crippen molar-refractivity contribution in [3.05, 3.63) is 0 Å². The third kappa shape index (κ3) is 6.61. The molecule has 0 aromatic carbocycles. The molecule has 1 rings (SSSR count). The van der Waals surface area contributed by atoms with E-state index >= 15 is 0 Å². The Hall–Kier alpha value is 0.492. The van der Waals surface area contributed by atoms with Gasteiger partial charge in [-0.1, -0.05) is 6.42 Å². The Labute approximate surface area is 71.5 Å². The van der Waals surface area contributed by atoms with Crippen LogP contribution in [0.25, 0.3) is 0 Å². The van der Waals surface area contributed by atoms with Crippen molar-refractivity contribution in [1.82, 2.24) is 4.90 Å². The van der Waals surface area contributed by atoms with Gasteiger partial charge in [-0.25, -0.2) is 0 Å². The molecule has 0 saturated carbocycles. The molecule has 0 aromatic heterocycles. The highest BCUT2D eigenvalue weighted by molar-refractivity contribution is 6.31. The van der Waals surface area contributed by atoms with E-state index in [1.54, 1.807) is 0 Å². The number of hydrogen-bond donors (Lipinski definition) is 0. The average Bonchev–Trinajstić information content (AvgIpc) is 1.91. The molecule has 60 valence electrons. The van der Waals surface area contributed by atoms with Gasteiger partial charge in [0.15, 0.2) is 0 Å². The molecule has 0 N–H and O–H groups in total. The SMILES string of the molecule is CN1CCCCC1.[CH3][AlH][CH3]. The van der Waals surface area contributed by atoms with Gasteiger partial charge in [-0.05, 0) is 33.0 Å². The lowest BCUT2D eigenvalue weighted by Crippen LogP contribution is -2.24. The van der Waals surface area contributed by atoms with Gasteiger partial charge in [0.1, 0.15) is 0 Å². The summed E-state index contributed by atoms with van der Waals surface area (Å²) in [7, 11) is 2.19. The van der Waals surface area contributed by atoms with Gasteiger partial charge in [0.2, 0.25) is 15.2 Å². The van der Waals surface area contributed by atoms with E-state index in [0.717, 1.165) is 0 Å². The maximum Gasteiger partial charge on any atom is 0.229 e. The van der Waals surface area contributed by atoms with Gasteiger partial charge in [-0.2, -0.15) is 0 Å². The summed E-state index contributed by atoms with van der Waals surface area (Å²) in [5.41, 5.74) is 0. The fraction of sp³-hybridized carbons (Fsp3) is 1.00. The molecule has 1 aliphatic heterocycles. The zero-order valence-corrected chi connectivity index (χ0v) is 9.10. The lowest BCUT2D eigenvalue weighted by atomic mass is 10.1. The molecule has 10 heavy (non-hydrogen) atoms. The molecule has 0 bridgehead atoms. The Morgan fingerprint density at radius 2 is 1.40 bits per heavy atom. The summed E-state index contributed by atoms with van der Waals surface area (Å²) < 4.78 is 0. The summed E-state index contributed by atoms with van der Waals surface area (Å²) >= 11 is 0.417. The van der Waals surface area contributed by atoms with Crippen molar-refractivity contribution in [2.45, 2.75) is 30.8 Å². The minimum atomic E-state index is 0.417. The highest BCUT2D eigenvalue weighted by Gasteiger charge is 2.02. The summed E-state index contributed by atoms with van der Waals surface area (Å²) in [6.07, 6.45) is 4.28. The van der Waals surface area contributed by atoms with Crippen molar-refractivity contribution >= 4 is 15.2 Å². The molecule has 1 aliphatic rings. The van der Waals surface area contributed by atoms with E-state index in [-0.39, 0.29) is 0 Å². The normalized spacial score (nSPS) is 19.1. The van der Waals surface area contributed by atoms with E-state index in [1.165, 1.54) is 32.4 Å². The highest BCUT2D eigenvalue weighted by Crippen LogP contribution is 2.04. The van der Waals surface area contributed by atoms with Crippen molar-refractivity contribution in [3.63, 3.8) is 0 Å². The van der Waals surface area contributed by atoms with Gasteiger partial charge in [0.25, 0.3) is 0 Å². The van der Waals surface area contributed by atoms with Crippen LogP contribution in [0, 0.1) is 0 Å². The first kappa shape index (κ1) is 10.5. The Morgan fingerprint density at radius 3 is 1.60 bits per heavy atom. The van der Waals surface area contributed by atoms with Gasteiger partial charge in [-0.3, -0.25) is 0 Å². The minimum absolute atomic E-state index is 0.417. The zero-order valence-electron chi connectivity index (χ0n) is 7.69. The third-order valence-electron chi connectivity index (χ3n) is 1.58. The fourth-order valence-corrected chi connectivity index (χ4v) is 1.05. The Bertz CT molecular complexity index is 60.3. The van der Waals surface area contributed by atoms with Crippen molar-refractivity contribution in [3.8, 4) is 0 Å². The second-order valence-corrected chi connectivity index (χ2v) is 4.49. The van der Waals surface area contributed by atoms with E-state index in [4.69, 9.17) is 0 Å². The monoisotopic (exact) mass is 157 g/mol. The van der Waals surface area contributed by atoms with E-state index in [9.17, 15) is 0 Å². The number of piperidine rings is 1. The maximum absolute atomic E-state index is 2.39. The topological polar surface area (TPSA) is 3.24 Å². The molecule has 0 atom stereocenters. The second kappa shape index (κ2) is 7.60. The maximum atomic E-state index is 2.39. The van der Waals surface area contributed by atoms with Crippen LogP contribution in [0.4, 0.5) is 0 Å². The highest BCUT2D eigenvalue weighted by atomic mass is 27.1. The van der Waals surface area contributed by atoms with Crippen LogP contribution < -0.4 is 0 Å². The fourth-order valence-electron chi connectivity index (χ4n) is 1.05. The molecule has 1 nitrogen and oxygen atoms in total. The van der Waals surface area contributed by atoms with E-state index < -0.39 is 0 Å². The van der Waals surface area contributed by atoms with Crippen LogP contribution in [-0.2, 0) is 0 Å². The van der Waals surface area contributed by atoms with Crippen LogP contribution in [0.2, 0.25) is 11.6 Å². The molecule has 0 radical (unpaired) electrons. The number of hydrogen-bond acceptors (Lipinski definition) is 1. The van der Waals surface area contributed by atoms with Crippen LogP contribution >= 0.6 is 0 Å². The molecular formula is C8H20AlN. The van der Waals surface area contributed by atoms with Crippen molar-refractivity contribution in [2.24, 2.45) is 0 Å². The molecule has 1 saturated heterocycles. The van der Waals surface area contributed by atoms with Gasteiger partial charge < -0.3 is 4.90 Å². The first-order valence-corrected chi connectivity index (χ1v) is 7.32. The number of likely N-dealkylation sites (tertiary alicyclic amines) is 1. The lowest BCUT2D eigenvalue weighted by molar-refractivity contribution is 0.277. The summed E-state index contributed by atoms with van der Waals surface area (Å²) in [6.45, 7) is 2.64. The average molecular weight is 157 g/mol. The van der Waals surface area contributed by atoms with Gasteiger partial charge >= 0.3 is 0 Å². The van der Waals surface area contributed by atoms with Gasteiger partial charge in [0.05, 0.1) is 0 Å². The molecule has 0 aromatic rings. The largest absolute Gasteiger partial charge is 0.306 e. The summed E-state index contributed by atoms with van der Waals surface area (Å²) in [5, 5.41) is 0. The molecule has 0 amide bonds. The van der Waals surface area contributed by atoms with Crippen LogP contribution in [-0.4, -0.2) is 40.3 Å². The Morgan fingerprint density at radius 1 is 1.00 bits per heavy atom. The van der Waals surface area contributed by atoms with Crippen molar-refractivity contribution < 1.29 is 0 Å². The quantitative estimate of drug-likeness (QED) is 0.483. The third-order valence-corrected chi connectivity index (χ3v) is 1.58. The van der Waals surface area contributed by atoms with Gasteiger partial charge in [-0.15, -0.1) is 11.6 Å². The molecule has 1 fully saturated rings. The predicted molar refractivity (Wildman–Crippen MR) is 50.2 cm³/mol. The van der Waals surface area contributed by atoms with Crippen LogP contribution in [0.5, 0.6) is 0 Å². The van der Waals surface area contributed by atoms with Crippen LogP contribution in [0.1, 0.15) is 19.3 Å². The molecule has 1 heterocycles. The predicted octanol–water partition coefficient (Wildman–Crippen LogP) is 1.62. The van der Waals surface area contributed by atoms with E-state index in [2.05, 4.69) is 23.5 Å². The molecule has 0 aliphatic carbocycles. The first-order chi connectivity index (χ1) is 4.81. The molecule has 2 heteroatoms. The van der Waals surface area contributed by atoms with Crippen molar-refractivity contribution in [2.75, 3.05) is 20.1 Å². The Balaban J connectivity index is 0.000000236.